The van der Waals surface area contributed by atoms with Crippen LogP contribution in [0, 0.1) is 6.92 Å². The molecule has 2 aromatic carbocycles. The van der Waals surface area contributed by atoms with E-state index in [1.54, 1.807) is 30.3 Å². The SMILES string of the molecule is Cc1ccc(C(=O)COC(=O)CCC(=O)c2ccc3c(c2)OCCO3)cc1. The average Bonchev–Trinajstić information content (AvgIpc) is 2.70. The minimum Gasteiger partial charge on any atom is -0.486 e. The molecule has 0 radical (unpaired) electrons. The Kier molecular flexibility index (Phi) is 5.86. The van der Waals surface area contributed by atoms with Crippen molar-refractivity contribution in [2.45, 2.75) is 19.8 Å². The van der Waals surface area contributed by atoms with Crippen molar-refractivity contribution in [3.05, 3.63) is 59.2 Å². The molecule has 0 amide bonds. The molecule has 1 aliphatic rings. The first-order chi connectivity index (χ1) is 13.0. The molecule has 6 heteroatoms. The second-order valence-corrected chi connectivity index (χ2v) is 6.23. The number of benzene rings is 2. The van der Waals surface area contributed by atoms with Gasteiger partial charge in [-0.1, -0.05) is 29.8 Å². The molecule has 0 unspecified atom stereocenters. The van der Waals surface area contributed by atoms with Gasteiger partial charge in [-0.2, -0.15) is 0 Å². The van der Waals surface area contributed by atoms with E-state index in [2.05, 4.69) is 0 Å². The van der Waals surface area contributed by atoms with E-state index in [0.717, 1.165) is 5.56 Å². The molecular weight excluding hydrogens is 348 g/mol. The van der Waals surface area contributed by atoms with Crippen LogP contribution in [-0.2, 0) is 9.53 Å². The maximum absolute atomic E-state index is 12.3. The molecule has 0 spiro atoms. The van der Waals surface area contributed by atoms with Crippen LogP contribution in [0.2, 0.25) is 0 Å². The highest BCUT2D eigenvalue weighted by atomic mass is 16.6. The highest BCUT2D eigenvalue weighted by Crippen LogP contribution is 2.31. The van der Waals surface area contributed by atoms with Gasteiger partial charge in [-0.15, -0.1) is 0 Å². The molecule has 3 rings (SSSR count). The summed E-state index contributed by atoms with van der Waals surface area (Å²) in [7, 11) is 0. The number of carbonyl (C=O) groups excluding carboxylic acids is 3. The second kappa shape index (κ2) is 8.49. The molecule has 0 bridgehead atoms. The van der Waals surface area contributed by atoms with Gasteiger partial charge in [0.1, 0.15) is 13.2 Å². The van der Waals surface area contributed by atoms with Gasteiger partial charge in [0.05, 0.1) is 6.42 Å². The first kappa shape index (κ1) is 18.6. The summed E-state index contributed by atoms with van der Waals surface area (Å²) >= 11 is 0. The number of fused-ring (bicyclic) bond motifs is 1. The van der Waals surface area contributed by atoms with Crippen molar-refractivity contribution in [2.75, 3.05) is 19.8 Å². The lowest BCUT2D eigenvalue weighted by Gasteiger charge is -2.18. The zero-order valence-electron chi connectivity index (χ0n) is 15.0. The van der Waals surface area contributed by atoms with E-state index in [9.17, 15) is 14.4 Å². The topological polar surface area (TPSA) is 78.9 Å². The third kappa shape index (κ3) is 4.94. The predicted octanol–water partition coefficient (Wildman–Crippen LogP) is 3.16. The number of hydrogen-bond donors (Lipinski definition) is 0. The maximum Gasteiger partial charge on any atom is 0.306 e. The van der Waals surface area contributed by atoms with Gasteiger partial charge in [-0.05, 0) is 25.1 Å². The third-order valence-corrected chi connectivity index (χ3v) is 4.16. The summed E-state index contributed by atoms with van der Waals surface area (Å²) in [6, 6.07) is 12.0. The van der Waals surface area contributed by atoms with Crippen LogP contribution in [0.5, 0.6) is 11.5 Å². The van der Waals surface area contributed by atoms with Crippen molar-refractivity contribution < 1.29 is 28.6 Å². The largest absolute Gasteiger partial charge is 0.486 e. The second-order valence-electron chi connectivity index (χ2n) is 6.23. The molecule has 0 aromatic heterocycles. The van der Waals surface area contributed by atoms with E-state index in [1.807, 2.05) is 19.1 Å². The van der Waals surface area contributed by atoms with Crippen LogP contribution < -0.4 is 9.47 Å². The molecule has 0 saturated heterocycles. The summed E-state index contributed by atoms with van der Waals surface area (Å²) in [5.74, 6) is 0.0712. The van der Waals surface area contributed by atoms with E-state index in [0.29, 0.717) is 35.8 Å². The quantitative estimate of drug-likeness (QED) is 0.552. The lowest BCUT2D eigenvalue weighted by Crippen LogP contribution is -2.16. The molecule has 0 N–H and O–H groups in total. The molecule has 1 heterocycles. The van der Waals surface area contributed by atoms with Crippen molar-refractivity contribution in [3.8, 4) is 11.5 Å². The molecule has 0 aliphatic carbocycles. The Balaban J connectivity index is 1.46. The Labute approximate surface area is 157 Å². The minimum absolute atomic E-state index is 0.00278. The van der Waals surface area contributed by atoms with E-state index in [1.165, 1.54) is 0 Å². The predicted molar refractivity (Wildman–Crippen MR) is 97.5 cm³/mol. The third-order valence-electron chi connectivity index (χ3n) is 4.16. The smallest absolute Gasteiger partial charge is 0.306 e. The molecule has 0 saturated carbocycles. The minimum atomic E-state index is -0.582. The van der Waals surface area contributed by atoms with E-state index < -0.39 is 5.97 Å². The number of ketones is 2. The standard InChI is InChI=1S/C21H20O6/c1-14-2-4-15(5-3-14)18(23)13-27-21(24)9-7-17(22)16-6-8-19-20(12-16)26-11-10-25-19/h2-6,8,12H,7,9-11,13H2,1H3. The number of rotatable bonds is 7. The molecule has 0 fully saturated rings. The fraction of sp³-hybridized carbons (Fsp3) is 0.286. The maximum atomic E-state index is 12.3. The summed E-state index contributed by atoms with van der Waals surface area (Å²) in [5.41, 5.74) is 1.98. The van der Waals surface area contributed by atoms with Crippen LogP contribution in [0.25, 0.3) is 0 Å². The van der Waals surface area contributed by atoms with Crippen molar-refractivity contribution in [2.24, 2.45) is 0 Å². The van der Waals surface area contributed by atoms with Crippen molar-refractivity contribution >= 4 is 17.5 Å². The Hall–Kier alpha value is -3.15. The number of esters is 1. The summed E-state index contributed by atoms with van der Waals surface area (Å²) in [5, 5.41) is 0. The van der Waals surface area contributed by atoms with Gasteiger partial charge in [-0.25, -0.2) is 0 Å². The monoisotopic (exact) mass is 368 g/mol. The average molecular weight is 368 g/mol. The van der Waals surface area contributed by atoms with Crippen LogP contribution in [0.3, 0.4) is 0 Å². The molecule has 2 aromatic rings. The van der Waals surface area contributed by atoms with Gasteiger partial charge in [0, 0.05) is 17.5 Å². The van der Waals surface area contributed by atoms with Crippen molar-refractivity contribution in [3.63, 3.8) is 0 Å². The highest BCUT2D eigenvalue weighted by molar-refractivity contribution is 5.99. The number of ether oxygens (including phenoxy) is 3. The number of Topliss-reactive ketones (excluding diaryl/α,β-unsaturated/α-hetero) is 2. The number of carbonyl (C=O) groups is 3. The first-order valence-electron chi connectivity index (χ1n) is 8.71. The van der Waals surface area contributed by atoms with Crippen LogP contribution >= 0.6 is 0 Å². The van der Waals surface area contributed by atoms with Gasteiger partial charge in [0.15, 0.2) is 29.7 Å². The molecule has 140 valence electrons. The fourth-order valence-corrected chi connectivity index (χ4v) is 2.62. The van der Waals surface area contributed by atoms with Crippen LogP contribution in [0.1, 0.15) is 39.1 Å². The summed E-state index contributed by atoms with van der Waals surface area (Å²) in [6.07, 6.45) is -0.0916. The van der Waals surface area contributed by atoms with Crippen LogP contribution in [0.4, 0.5) is 0 Å². The highest BCUT2D eigenvalue weighted by Gasteiger charge is 2.16. The van der Waals surface area contributed by atoms with Crippen LogP contribution in [-0.4, -0.2) is 37.4 Å². The Bertz CT molecular complexity index is 853. The lowest BCUT2D eigenvalue weighted by molar-refractivity contribution is -0.142. The number of aryl methyl sites for hydroxylation is 1. The zero-order valence-corrected chi connectivity index (χ0v) is 15.0. The van der Waals surface area contributed by atoms with E-state index in [-0.39, 0.29) is 31.0 Å². The van der Waals surface area contributed by atoms with E-state index >= 15 is 0 Å². The molecule has 27 heavy (non-hydrogen) atoms. The zero-order chi connectivity index (χ0) is 19.2. The summed E-state index contributed by atoms with van der Waals surface area (Å²) < 4.78 is 15.8. The van der Waals surface area contributed by atoms with Crippen molar-refractivity contribution in [1.29, 1.82) is 0 Å². The van der Waals surface area contributed by atoms with Gasteiger partial charge in [-0.3, -0.25) is 14.4 Å². The summed E-state index contributed by atoms with van der Waals surface area (Å²) in [4.78, 5) is 36.1. The first-order valence-corrected chi connectivity index (χ1v) is 8.71. The van der Waals surface area contributed by atoms with Crippen molar-refractivity contribution in [1.82, 2.24) is 0 Å². The lowest BCUT2D eigenvalue weighted by atomic mass is 10.1. The van der Waals surface area contributed by atoms with Crippen LogP contribution in [0.15, 0.2) is 42.5 Å². The number of hydrogen-bond acceptors (Lipinski definition) is 6. The molecule has 0 atom stereocenters. The molecular formula is C21H20O6. The normalized spacial score (nSPS) is 12.3. The molecule has 1 aliphatic heterocycles. The Morgan fingerprint density at radius 3 is 2.26 bits per heavy atom. The Morgan fingerprint density at radius 1 is 0.852 bits per heavy atom. The van der Waals surface area contributed by atoms with Gasteiger partial charge in [0.25, 0.3) is 0 Å². The fourth-order valence-electron chi connectivity index (χ4n) is 2.62. The van der Waals surface area contributed by atoms with Gasteiger partial charge in [0.2, 0.25) is 0 Å². The van der Waals surface area contributed by atoms with Gasteiger partial charge < -0.3 is 14.2 Å². The Morgan fingerprint density at radius 2 is 1.52 bits per heavy atom. The van der Waals surface area contributed by atoms with E-state index in [4.69, 9.17) is 14.2 Å². The molecule has 6 nitrogen and oxygen atoms in total. The van der Waals surface area contributed by atoms with Gasteiger partial charge >= 0.3 is 5.97 Å². The summed E-state index contributed by atoms with van der Waals surface area (Å²) in [6.45, 7) is 2.51.